The molecule has 1 heterocycles. The van der Waals surface area contributed by atoms with Gasteiger partial charge in [-0.2, -0.15) is 0 Å². The lowest BCUT2D eigenvalue weighted by atomic mass is 9.95. The first kappa shape index (κ1) is 11.1. The molecule has 1 aliphatic rings. The van der Waals surface area contributed by atoms with E-state index in [1.807, 2.05) is 30.3 Å². The van der Waals surface area contributed by atoms with E-state index >= 15 is 0 Å². The molecule has 0 amide bonds. The van der Waals surface area contributed by atoms with E-state index < -0.39 is 5.54 Å². The van der Waals surface area contributed by atoms with E-state index in [0.717, 1.165) is 36.1 Å². The highest BCUT2D eigenvalue weighted by atomic mass is 16.1. The molecule has 0 N–H and O–H groups in total. The Balaban J connectivity index is 2.26. The van der Waals surface area contributed by atoms with Crippen LogP contribution >= 0.6 is 0 Å². The molecule has 0 aliphatic carbocycles. The highest BCUT2D eigenvalue weighted by molar-refractivity contribution is 5.77. The van der Waals surface area contributed by atoms with Crippen LogP contribution in [-0.2, 0) is 4.79 Å². The first-order valence-corrected chi connectivity index (χ1v) is 5.94. The standard InChI is InChI=1S/C14H17NO/c1-2-3-6-9-14(11-16)10-12-7-4-5-8-13(12)15-14/h4-5,7-8,10-11H,2-3,6,9H2,1H3. The van der Waals surface area contributed by atoms with Crippen molar-refractivity contribution in [2.45, 2.75) is 38.1 Å². The minimum Gasteiger partial charge on any atom is -0.300 e. The Hall–Kier alpha value is -1.44. The van der Waals surface area contributed by atoms with E-state index in [4.69, 9.17) is 0 Å². The molecule has 1 atom stereocenters. The summed E-state index contributed by atoms with van der Waals surface area (Å²) in [7, 11) is 0. The van der Waals surface area contributed by atoms with Gasteiger partial charge < -0.3 is 4.79 Å². The van der Waals surface area contributed by atoms with Crippen molar-refractivity contribution < 1.29 is 4.79 Å². The number of hydrogen-bond acceptors (Lipinski definition) is 2. The third kappa shape index (κ3) is 2.06. The van der Waals surface area contributed by atoms with Gasteiger partial charge >= 0.3 is 0 Å². The smallest absolute Gasteiger partial charge is 0.151 e. The van der Waals surface area contributed by atoms with Crippen LogP contribution in [0.1, 0.15) is 32.6 Å². The van der Waals surface area contributed by atoms with E-state index in [9.17, 15) is 4.79 Å². The Kier molecular flexibility index (Phi) is 3.18. The lowest BCUT2D eigenvalue weighted by Gasteiger charge is -2.15. The summed E-state index contributed by atoms with van der Waals surface area (Å²) in [6, 6.07) is 7.93. The van der Waals surface area contributed by atoms with Crippen LogP contribution in [0, 0.1) is 0 Å². The molecule has 0 spiro atoms. The van der Waals surface area contributed by atoms with Gasteiger partial charge in [0, 0.05) is 0 Å². The van der Waals surface area contributed by atoms with Crippen LogP contribution in [0.15, 0.2) is 29.3 Å². The first-order chi connectivity index (χ1) is 7.79. The van der Waals surface area contributed by atoms with Gasteiger partial charge in [-0.1, -0.05) is 44.4 Å². The molecule has 0 aromatic heterocycles. The van der Waals surface area contributed by atoms with Gasteiger partial charge in [0.05, 0.1) is 5.36 Å². The number of unbranched alkanes of at least 4 members (excludes halogenated alkanes) is 2. The van der Waals surface area contributed by atoms with Crippen molar-refractivity contribution in [1.29, 1.82) is 0 Å². The molecule has 0 fully saturated rings. The maximum Gasteiger partial charge on any atom is 0.151 e. The molecule has 0 radical (unpaired) electrons. The predicted octanol–water partition coefficient (Wildman–Crippen LogP) is 1.62. The van der Waals surface area contributed by atoms with Crippen LogP contribution in [0.5, 0.6) is 0 Å². The van der Waals surface area contributed by atoms with Crippen molar-refractivity contribution in [2.24, 2.45) is 4.99 Å². The molecular weight excluding hydrogens is 198 g/mol. The number of rotatable bonds is 5. The van der Waals surface area contributed by atoms with Crippen molar-refractivity contribution in [3.05, 3.63) is 34.8 Å². The van der Waals surface area contributed by atoms with Gasteiger partial charge in [-0.15, -0.1) is 0 Å². The number of fused-ring (bicyclic) bond motifs is 1. The summed E-state index contributed by atoms with van der Waals surface area (Å²) in [6.07, 6.45) is 7.22. The third-order valence-electron chi connectivity index (χ3n) is 3.06. The molecule has 0 bridgehead atoms. The van der Waals surface area contributed by atoms with E-state index in [1.54, 1.807) is 0 Å². The molecule has 16 heavy (non-hydrogen) atoms. The van der Waals surface area contributed by atoms with Crippen LogP contribution < -0.4 is 10.6 Å². The Morgan fingerprint density at radius 1 is 1.31 bits per heavy atom. The average Bonchev–Trinajstić information content (AvgIpc) is 2.68. The average molecular weight is 215 g/mol. The van der Waals surface area contributed by atoms with Crippen LogP contribution in [0.3, 0.4) is 0 Å². The number of carbonyl (C=O) groups is 1. The van der Waals surface area contributed by atoms with Crippen LogP contribution in [0.4, 0.5) is 0 Å². The summed E-state index contributed by atoms with van der Waals surface area (Å²) in [5, 5.41) is 2.04. The fourth-order valence-corrected chi connectivity index (χ4v) is 2.14. The zero-order chi connectivity index (χ0) is 11.4. The van der Waals surface area contributed by atoms with Crippen LogP contribution in [0.25, 0.3) is 6.08 Å². The fraction of sp³-hybridized carbons (Fsp3) is 0.429. The van der Waals surface area contributed by atoms with Crippen molar-refractivity contribution in [2.75, 3.05) is 0 Å². The fourth-order valence-electron chi connectivity index (χ4n) is 2.14. The zero-order valence-corrected chi connectivity index (χ0v) is 9.65. The van der Waals surface area contributed by atoms with Gasteiger partial charge in [0.25, 0.3) is 0 Å². The molecule has 2 rings (SSSR count). The zero-order valence-electron chi connectivity index (χ0n) is 9.65. The lowest BCUT2D eigenvalue weighted by molar-refractivity contribution is -0.110. The molecule has 2 nitrogen and oxygen atoms in total. The predicted molar refractivity (Wildman–Crippen MR) is 64.6 cm³/mol. The molecule has 1 aromatic rings. The van der Waals surface area contributed by atoms with Gasteiger partial charge in [-0.3, -0.25) is 4.99 Å². The van der Waals surface area contributed by atoms with Crippen LogP contribution in [-0.4, -0.2) is 11.8 Å². The molecule has 1 aliphatic heterocycles. The summed E-state index contributed by atoms with van der Waals surface area (Å²) in [5.74, 6) is 0. The first-order valence-electron chi connectivity index (χ1n) is 5.94. The van der Waals surface area contributed by atoms with Gasteiger partial charge in [0.1, 0.15) is 5.54 Å². The summed E-state index contributed by atoms with van der Waals surface area (Å²) in [5.41, 5.74) is -0.584. The number of carbonyl (C=O) groups excluding carboxylic acids is 1. The molecule has 2 heteroatoms. The molecule has 0 saturated carbocycles. The number of hydrogen-bond donors (Lipinski definition) is 0. The highest BCUT2D eigenvalue weighted by Gasteiger charge is 2.27. The van der Waals surface area contributed by atoms with Crippen molar-refractivity contribution in [1.82, 2.24) is 0 Å². The lowest BCUT2D eigenvalue weighted by Crippen LogP contribution is -2.24. The molecule has 1 aromatic carbocycles. The Morgan fingerprint density at radius 2 is 2.12 bits per heavy atom. The number of aldehydes is 1. The van der Waals surface area contributed by atoms with E-state index in [-0.39, 0.29) is 0 Å². The van der Waals surface area contributed by atoms with E-state index in [2.05, 4.69) is 11.9 Å². The van der Waals surface area contributed by atoms with E-state index in [0.29, 0.717) is 0 Å². The maximum absolute atomic E-state index is 11.3. The summed E-state index contributed by atoms with van der Waals surface area (Å²) in [4.78, 5) is 15.8. The van der Waals surface area contributed by atoms with Gasteiger partial charge in [0.15, 0.2) is 6.29 Å². The van der Waals surface area contributed by atoms with E-state index in [1.165, 1.54) is 6.42 Å². The van der Waals surface area contributed by atoms with Crippen molar-refractivity contribution in [3.63, 3.8) is 0 Å². The van der Waals surface area contributed by atoms with Gasteiger partial charge in [0.2, 0.25) is 0 Å². The van der Waals surface area contributed by atoms with Crippen LogP contribution in [0.2, 0.25) is 0 Å². The topological polar surface area (TPSA) is 29.4 Å². The number of benzene rings is 1. The summed E-state index contributed by atoms with van der Waals surface area (Å²) < 4.78 is 0. The van der Waals surface area contributed by atoms with Gasteiger partial charge in [-0.25, -0.2) is 0 Å². The monoisotopic (exact) mass is 215 g/mol. The molecule has 0 saturated heterocycles. The molecule has 84 valence electrons. The minimum absolute atomic E-state index is 0.584. The largest absolute Gasteiger partial charge is 0.300 e. The normalized spacial score (nSPS) is 22.1. The van der Waals surface area contributed by atoms with Crippen molar-refractivity contribution in [3.8, 4) is 0 Å². The number of para-hydroxylation sites is 1. The maximum atomic E-state index is 11.3. The minimum atomic E-state index is -0.584. The van der Waals surface area contributed by atoms with Crippen molar-refractivity contribution >= 4 is 12.4 Å². The third-order valence-corrected chi connectivity index (χ3v) is 3.06. The second-order valence-electron chi connectivity index (χ2n) is 4.38. The second kappa shape index (κ2) is 4.60. The Bertz CT molecular complexity index is 455. The second-order valence-corrected chi connectivity index (χ2v) is 4.38. The summed E-state index contributed by atoms with van der Waals surface area (Å²) in [6.45, 7) is 2.16. The molecular formula is C14H17NO. The summed E-state index contributed by atoms with van der Waals surface area (Å²) >= 11 is 0. The quantitative estimate of drug-likeness (QED) is 0.542. The highest BCUT2D eigenvalue weighted by Crippen LogP contribution is 2.20. The molecule has 1 unspecified atom stereocenters. The Labute approximate surface area is 95.7 Å². The SMILES string of the molecule is CCCCCC1(C=O)C=c2ccccc2=N1. The number of nitrogens with zero attached hydrogens (tertiary/aromatic N) is 1. The Morgan fingerprint density at radius 3 is 2.81 bits per heavy atom. The van der Waals surface area contributed by atoms with Gasteiger partial charge in [-0.05, 0) is 23.8 Å².